The highest BCUT2D eigenvalue weighted by Gasteiger charge is 2.10. The third-order valence-corrected chi connectivity index (χ3v) is 3.66. The lowest BCUT2D eigenvalue weighted by Crippen LogP contribution is -2.08. The van der Waals surface area contributed by atoms with E-state index in [1.165, 1.54) is 0 Å². The maximum atomic E-state index is 5.96. The molecule has 2 N–H and O–H groups in total. The van der Waals surface area contributed by atoms with Crippen LogP contribution >= 0.6 is 22.9 Å². The largest absolute Gasteiger partial charge is 0.486 e. The van der Waals surface area contributed by atoms with Gasteiger partial charge in [0.25, 0.3) is 0 Å². The van der Waals surface area contributed by atoms with Crippen molar-refractivity contribution in [1.82, 2.24) is 4.98 Å². The number of benzene rings is 1. The van der Waals surface area contributed by atoms with Crippen LogP contribution in [0.1, 0.15) is 29.2 Å². The van der Waals surface area contributed by atoms with Gasteiger partial charge in [-0.3, -0.25) is 0 Å². The Labute approximate surface area is 116 Å². The number of rotatable bonds is 4. The normalized spacial score (nSPS) is 12.4. The Morgan fingerprint density at radius 1 is 1.50 bits per heavy atom. The van der Waals surface area contributed by atoms with Gasteiger partial charge in [0.2, 0.25) is 0 Å². The van der Waals surface area contributed by atoms with Crippen LogP contribution in [0.5, 0.6) is 5.75 Å². The van der Waals surface area contributed by atoms with Gasteiger partial charge in [0.1, 0.15) is 17.4 Å². The SMILES string of the molecule is Cc1csc(COc2ccc(Cl)cc2C(C)N)n1. The quantitative estimate of drug-likeness (QED) is 0.930. The first-order valence-corrected chi connectivity index (χ1v) is 6.91. The Bertz CT molecular complexity index is 540. The van der Waals surface area contributed by atoms with Crippen LogP contribution in [-0.4, -0.2) is 4.98 Å². The number of hydrogen-bond donors (Lipinski definition) is 1. The molecular weight excluding hydrogens is 268 g/mol. The second-order valence-electron chi connectivity index (χ2n) is 4.14. The Balaban J connectivity index is 2.13. The number of aryl methyl sites for hydroxylation is 1. The molecule has 1 aromatic heterocycles. The molecule has 1 aromatic carbocycles. The molecular formula is C13H15ClN2OS. The Morgan fingerprint density at radius 3 is 2.89 bits per heavy atom. The van der Waals surface area contributed by atoms with Gasteiger partial charge in [0.15, 0.2) is 0 Å². The van der Waals surface area contributed by atoms with Gasteiger partial charge in [-0.15, -0.1) is 11.3 Å². The molecule has 2 rings (SSSR count). The van der Waals surface area contributed by atoms with Crippen molar-refractivity contribution in [3.05, 3.63) is 44.9 Å². The van der Waals surface area contributed by atoms with E-state index in [1.807, 2.05) is 31.4 Å². The van der Waals surface area contributed by atoms with E-state index in [1.54, 1.807) is 17.4 Å². The minimum atomic E-state index is -0.114. The summed E-state index contributed by atoms with van der Waals surface area (Å²) in [5, 5.41) is 3.63. The second-order valence-corrected chi connectivity index (χ2v) is 5.52. The molecule has 18 heavy (non-hydrogen) atoms. The molecule has 0 saturated heterocycles. The molecule has 1 unspecified atom stereocenters. The lowest BCUT2D eigenvalue weighted by Gasteiger charge is -2.13. The van der Waals surface area contributed by atoms with Crippen LogP contribution < -0.4 is 10.5 Å². The first-order valence-electron chi connectivity index (χ1n) is 5.65. The predicted molar refractivity (Wildman–Crippen MR) is 75.2 cm³/mol. The van der Waals surface area contributed by atoms with Crippen LogP contribution in [0.2, 0.25) is 5.02 Å². The first kappa shape index (κ1) is 13.3. The fraction of sp³-hybridized carbons (Fsp3) is 0.308. The van der Waals surface area contributed by atoms with E-state index in [0.29, 0.717) is 11.6 Å². The highest BCUT2D eigenvalue weighted by atomic mass is 35.5. The van der Waals surface area contributed by atoms with E-state index in [4.69, 9.17) is 22.1 Å². The zero-order valence-corrected chi connectivity index (χ0v) is 11.9. The summed E-state index contributed by atoms with van der Waals surface area (Å²) in [6.07, 6.45) is 0. The van der Waals surface area contributed by atoms with E-state index < -0.39 is 0 Å². The number of nitrogens with two attached hydrogens (primary N) is 1. The first-order chi connectivity index (χ1) is 8.56. The summed E-state index contributed by atoms with van der Waals surface area (Å²) >= 11 is 7.55. The van der Waals surface area contributed by atoms with Crippen LogP contribution in [0.25, 0.3) is 0 Å². The van der Waals surface area contributed by atoms with Crippen molar-refractivity contribution in [2.75, 3.05) is 0 Å². The summed E-state index contributed by atoms with van der Waals surface area (Å²) in [6, 6.07) is 5.38. The summed E-state index contributed by atoms with van der Waals surface area (Å²) in [4.78, 5) is 4.35. The van der Waals surface area contributed by atoms with Gasteiger partial charge in [0.05, 0.1) is 0 Å². The van der Waals surface area contributed by atoms with Crippen LogP contribution in [0, 0.1) is 6.92 Å². The molecule has 0 spiro atoms. The molecule has 0 bridgehead atoms. The van der Waals surface area contributed by atoms with Crippen molar-refractivity contribution in [2.24, 2.45) is 5.73 Å². The fourth-order valence-electron chi connectivity index (χ4n) is 1.62. The fourth-order valence-corrected chi connectivity index (χ4v) is 2.48. The van der Waals surface area contributed by atoms with Crippen molar-refractivity contribution < 1.29 is 4.74 Å². The maximum absolute atomic E-state index is 5.96. The topological polar surface area (TPSA) is 48.1 Å². The van der Waals surface area contributed by atoms with Crippen molar-refractivity contribution in [1.29, 1.82) is 0 Å². The van der Waals surface area contributed by atoms with E-state index in [9.17, 15) is 0 Å². The molecule has 1 heterocycles. The van der Waals surface area contributed by atoms with Crippen molar-refractivity contribution in [3.8, 4) is 5.75 Å². The Morgan fingerprint density at radius 2 is 2.28 bits per heavy atom. The third kappa shape index (κ3) is 3.22. The number of hydrogen-bond acceptors (Lipinski definition) is 4. The second kappa shape index (κ2) is 5.69. The average molecular weight is 283 g/mol. The molecule has 0 fully saturated rings. The third-order valence-electron chi connectivity index (χ3n) is 2.48. The van der Waals surface area contributed by atoms with E-state index in [2.05, 4.69) is 4.98 Å². The summed E-state index contributed by atoms with van der Waals surface area (Å²) in [6.45, 7) is 4.33. The molecule has 1 atom stereocenters. The monoisotopic (exact) mass is 282 g/mol. The van der Waals surface area contributed by atoms with Crippen LogP contribution in [0.15, 0.2) is 23.6 Å². The minimum Gasteiger partial charge on any atom is -0.486 e. The summed E-state index contributed by atoms with van der Waals surface area (Å²) in [5.41, 5.74) is 7.83. The van der Waals surface area contributed by atoms with Gasteiger partial charge < -0.3 is 10.5 Å². The lowest BCUT2D eigenvalue weighted by atomic mass is 10.1. The van der Waals surface area contributed by atoms with Crippen LogP contribution in [0.3, 0.4) is 0 Å². The Kier molecular flexibility index (Phi) is 4.22. The smallest absolute Gasteiger partial charge is 0.140 e. The van der Waals surface area contributed by atoms with E-state index >= 15 is 0 Å². The highest BCUT2D eigenvalue weighted by molar-refractivity contribution is 7.09. The molecule has 3 nitrogen and oxygen atoms in total. The molecule has 0 aliphatic rings. The number of halogens is 1. The summed E-state index contributed by atoms with van der Waals surface area (Å²) in [7, 11) is 0. The molecule has 0 saturated carbocycles. The molecule has 0 radical (unpaired) electrons. The van der Waals surface area contributed by atoms with Crippen molar-refractivity contribution in [3.63, 3.8) is 0 Å². The lowest BCUT2D eigenvalue weighted by molar-refractivity contribution is 0.300. The van der Waals surface area contributed by atoms with Crippen molar-refractivity contribution >= 4 is 22.9 Å². The van der Waals surface area contributed by atoms with Gasteiger partial charge in [0, 0.05) is 27.7 Å². The predicted octanol–water partition coefficient (Wildman–Crippen LogP) is 3.70. The summed E-state index contributed by atoms with van der Waals surface area (Å²) in [5.74, 6) is 0.766. The van der Waals surface area contributed by atoms with Gasteiger partial charge in [-0.05, 0) is 32.0 Å². The van der Waals surface area contributed by atoms with Crippen LogP contribution in [0.4, 0.5) is 0 Å². The molecule has 5 heteroatoms. The molecule has 0 aliphatic heterocycles. The van der Waals surface area contributed by atoms with Gasteiger partial charge in [-0.2, -0.15) is 0 Å². The number of nitrogens with zero attached hydrogens (tertiary/aromatic N) is 1. The standard InChI is InChI=1S/C13H15ClN2OS/c1-8-7-18-13(16-8)6-17-12-4-3-10(14)5-11(12)9(2)15/h3-5,7,9H,6,15H2,1-2H3. The van der Waals surface area contributed by atoms with Crippen molar-refractivity contribution in [2.45, 2.75) is 26.5 Å². The highest BCUT2D eigenvalue weighted by Crippen LogP contribution is 2.28. The van der Waals surface area contributed by atoms with Crippen LogP contribution in [-0.2, 0) is 6.61 Å². The van der Waals surface area contributed by atoms with E-state index in [-0.39, 0.29) is 6.04 Å². The van der Waals surface area contributed by atoms with E-state index in [0.717, 1.165) is 22.0 Å². The number of thiazole rings is 1. The summed E-state index contributed by atoms with van der Waals surface area (Å²) < 4.78 is 5.76. The molecule has 96 valence electrons. The number of aromatic nitrogens is 1. The molecule has 2 aromatic rings. The zero-order chi connectivity index (χ0) is 13.1. The zero-order valence-electron chi connectivity index (χ0n) is 10.3. The minimum absolute atomic E-state index is 0.114. The van der Waals surface area contributed by atoms with Gasteiger partial charge in [-0.25, -0.2) is 4.98 Å². The Hall–Kier alpha value is -1.10. The average Bonchev–Trinajstić information content (AvgIpc) is 2.73. The maximum Gasteiger partial charge on any atom is 0.140 e. The number of ether oxygens (including phenoxy) is 1. The van der Waals surface area contributed by atoms with Gasteiger partial charge >= 0.3 is 0 Å². The molecule has 0 aliphatic carbocycles. The molecule has 0 amide bonds. The van der Waals surface area contributed by atoms with Gasteiger partial charge in [-0.1, -0.05) is 11.6 Å².